The Bertz CT molecular complexity index is 397. The summed E-state index contributed by atoms with van der Waals surface area (Å²) in [4.78, 5) is 12.4. The van der Waals surface area contributed by atoms with Crippen LogP contribution in [0.15, 0.2) is 0 Å². The third kappa shape index (κ3) is 3.57. The second-order valence-corrected chi connectivity index (χ2v) is 7.02. The van der Waals surface area contributed by atoms with Gasteiger partial charge >= 0.3 is 6.09 Å². The van der Waals surface area contributed by atoms with Crippen molar-refractivity contribution in [2.75, 3.05) is 12.8 Å². The fourth-order valence-corrected chi connectivity index (χ4v) is 2.98. The Morgan fingerprint density at radius 3 is 2.29 bits per heavy atom. The second kappa shape index (κ2) is 4.45. The summed E-state index contributed by atoms with van der Waals surface area (Å²) in [6.45, 7) is 5.92. The van der Waals surface area contributed by atoms with E-state index in [4.69, 9.17) is 9.29 Å². The Hall–Kier alpha value is -0.820. The summed E-state index contributed by atoms with van der Waals surface area (Å²) in [5.41, 5.74) is -0.371. The van der Waals surface area contributed by atoms with E-state index in [0.29, 0.717) is 13.0 Å². The van der Waals surface area contributed by atoms with Gasteiger partial charge in [0.1, 0.15) is 0 Å². The van der Waals surface area contributed by atoms with E-state index in [9.17, 15) is 13.2 Å². The molecule has 1 fully saturated rings. The van der Waals surface area contributed by atoms with Crippen molar-refractivity contribution in [2.24, 2.45) is 5.41 Å². The monoisotopic (exact) mass is 265 g/mol. The van der Waals surface area contributed by atoms with Gasteiger partial charge in [0.2, 0.25) is 0 Å². The normalized spacial score (nSPS) is 26.2. The summed E-state index contributed by atoms with van der Waals surface area (Å²) in [7, 11) is -3.57. The van der Waals surface area contributed by atoms with E-state index in [1.165, 1.54) is 4.90 Å². The molecule has 1 unspecified atom stereocenters. The van der Waals surface area contributed by atoms with Gasteiger partial charge in [-0.05, 0) is 11.8 Å². The number of amides is 1. The second-order valence-electron chi connectivity index (χ2n) is 5.41. The molecule has 1 amide bonds. The summed E-state index contributed by atoms with van der Waals surface area (Å²) >= 11 is 0. The molecule has 1 heterocycles. The van der Waals surface area contributed by atoms with E-state index in [1.54, 1.807) is 0 Å². The van der Waals surface area contributed by atoms with Crippen LogP contribution in [-0.2, 0) is 14.3 Å². The van der Waals surface area contributed by atoms with Crippen LogP contribution in [0.1, 0.15) is 27.2 Å². The average molecular weight is 265 g/mol. The zero-order valence-corrected chi connectivity index (χ0v) is 11.3. The van der Waals surface area contributed by atoms with E-state index in [-0.39, 0.29) is 5.41 Å². The van der Waals surface area contributed by atoms with E-state index < -0.39 is 28.4 Å². The lowest BCUT2D eigenvalue weighted by molar-refractivity contribution is 0.0602. The summed E-state index contributed by atoms with van der Waals surface area (Å²) in [6, 6.07) is -0.449. The molecule has 0 aliphatic carbocycles. The summed E-state index contributed by atoms with van der Waals surface area (Å²) < 4.78 is 27.3. The van der Waals surface area contributed by atoms with Crippen molar-refractivity contribution < 1.29 is 22.5 Å². The van der Waals surface area contributed by atoms with Crippen molar-refractivity contribution in [3.63, 3.8) is 0 Å². The number of hydrogen-bond donors (Lipinski definition) is 1. The van der Waals surface area contributed by atoms with Crippen LogP contribution in [0.5, 0.6) is 0 Å². The minimum Gasteiger partial charge on any atom is -0.465 e. The Morgan fingerprint density at radius 2 is 1.94 bits per heavy atom. The Kier molecular flexibility index (Phi) is 3.73. The number of likely N-dealkylation sites (tertiary alicyclic amines) is 1. The molecule has 17 heavy (non-hydrogen) atoms. The molecule has 0 radical (unpaired) electrons. The maximum Gasteiger partial charge on any atom is 0.407 e. The van der Waals surface area contributed by atoms with E-state index in [2.05, 4.69) is 0 Å². The molecule has 0 spiro atoms. The molecule has 1 aliphatic rings. The largest absolute Gasteiger partial charge is 0.465 e. The van der Waals surface area contributed by atoms with Crippen LogP contribution < -0.4 is 0 Å². The molecule has 0 aromatic carbocycles. The highest BCUT2D eigenvalue weighted by atomic mass is 32.2. The van der Waals surface area contributed by atoms with Crippen LogP contribution in [0.2, 0.25) is 0 Å². The first-order chi connectivity index (χ1) is 7.52. The smallest absolute Gasteiger partial charge is 0.407 e. The van der Waals surface area contributed by atoms with Gasteiger partial charge in [-0.2, -0.15) is 8.42 Å². The van der Waals surface area contributed by atoms with Crippen molar-refractivity contribution in [2.45, 2.75) is 39.3 Å². The van der Waals surface area contributed by atoms with Crippen LogP contribution in [0.25, 0.3) is 0 Å². The first-order valence-corrected chi connectivity index (χ1v) is 7.22. The molecule has 0 aromatic heterocycles. The van der Waals surface area contributed by atoms with E-state index >= 15 is 0 Å². The Morgan fingerprint density at radius 1 is 1.41 bits per heavy atom. The van der Waals surface area contributed by atoms with Crippen molar-refractivity contribution in [1.82, 2.24) is 4.90 Å². The fraction of sp³-hybridized carbons (Fsp3) is 0.900. The first kappa shape index (κ1) is 14.2. The molecule has 0 saturated carbocycles. The molecule has 0 aromatic rings. The quantitative estimate of drug-likeness (QED) is 0.757. The molecule has 0 bridgehead atoms. The van der Waals surface area contributed by atoms with E-state index in [1.807, 2.05) is 20.8 Å². The standard InChI is InChI=1S/C10H19NO5S/c1-10(2,3)8-7(16-17(4,14)15)5-6-11(8)9(12)13/h7-8H,5-6H2,1-4H3,(H,12,13)/t7-,8?/m0/s1. The van der Waals surface area contributed by atoms with Crippen molar-refractivity contribution in [3.05, 3.63) is 0 Å². The van der Waals surface area contributed by atoms with Gasteiger partial charge in [-0.3, -0.25) is 4.18 Å². The van der Waals surface area contributed by atoms with E-state index in [0.717, 1.165) is 6.26 Å². The van der Waals surface area contributed by atoms with Crippen LogP contribution in [-0.4, -0.2) is 49.5 Å². The summed E-state index contributed by atoms with van der Waals surface area (Å²) in [5.74, 6) is 0. The molecule has 1 aliphatic heterocycles. The molecule has 1 N–H and O–H groups in total. The van der Waals surface area contributed by atoms with Gasteiger partial charge in [0, 0.05) is 6.54 Å². The van der Waals surface area contributed by atoms with Gasteiger partial charge in [-0.25, -0.2) is 4.79 Å². The maximum absolute atomic E-state index is 11.1. The molecule has 1 rings (SSSR count). The summed E-state index contributed by atoms with van der Waals surface area (Å²) in [5, 5.41) is 9.08. The zero-order chi connectivity index (χ0) is 13.4. The molecular formula is C10H19NO5S. The molecule has 100 valence electrons. The highest BCUT2D eigenvalue weighted by molar-refractivity contribution is 7.86. The maximum atomic E-state index is 11.1. The van der Waals surface area contributed by atoms with Gasteiger partial charge in [0.15, 0.2) is 0 Å². The lowest BCUT2D eigenvalue weighted by atomic mass is 9.84. The van der Waals surface area contributed by atoms with Crippen molar-refractivity contribution >= 4 is 16.2 Å². The van der Waals surface area contributed by atoms with Gasteiger partial charge in [0.25, 0.3) is 10.1 Å². The molecule has 7 heteroatoms. The number of nitrogens with zero attached hydrogens (tertiary/aromatic N) is 1. The van der Waals surface area contributed by atoms with Crippen LogP contribution in [0, 0.1) is 5.41 Å². The number of hydrogen-bond acceptors (Lipinski definition) is 4. The summed E-state index contributed by atoms with van der Waals surface area (Å²) in [6.07, 6.45) is -0.247. The predicted octanol–water partition coefficient (Wildman–Crippen LogP) is 1.13. The van der Waals surface area contributed by atoms with Gasteiger partial charge < -0.3 is 10.0 Å². The molecule has 1 saturated heterocycles. The minimum atomic E-state index is -3.57. The van der Waals surface area contributed by atoms with Gasteiger partial charge in [0.05, 0.1) is 18.4 Å². The molecular weight excluding hydrogens is 246 g/mol. The molecule has 6 nitrogen and oxygen atoms in total. The minimum absolute atomic E-state index is 0.303. The van der Waals surface area contributed by atoms with Crippen molar-refractivity contribution in [3.8, 4) is 0 Å². The Balaban J connectivity index is 2.97. The third-order valence-electron chi connectivity index (χ3n) is 2.77. The predicted molar refractivity (Wildman–Crippen MR) is 62.3 cm³/mol. The lowest BCUT2D eigenvalue weighted by Gasteiger charge is -2.36. The molecule has 2 atom stereocenters. The zero-order valence-electron chi connectivity index (χ0n) is 10.5. The van der Waals surface area contributed by atoms with Gasteiger partial charge in [-0.1, -0.05) is 20.8 Å². The highest BCUT2D eigenvalue weighted by Crippen LogP contribution is 2.35. The number of rotatable bonds is 2. The van der Waals surface area contributed by atoms with Crippen LogP contribution in [0.4, 0.5) is 4.79 Å². The van der Waals surface area contributed by atoms with Gasteiger partial charge in [-0.15, -0.1) is 0 Å². The number of carbonyl (C=O) groups is 1. The first-order valence-electron chi connectivity index (χ1n) is 5.40. The SMILES string of the molecule is CC(C)(C)C1[C@@H](OS(C)(=O)=O)CCN1C(=O)O. The van der Waals surface area contributed by atoms with Crippen molar-refractivity contribution in [1.29, 1.82) is 0 Å². The average Bonchev–Trinajstić information content (AvgIpc) is 2.43. The van der Waals surface area contributed by atoms with Crippen LogP contribution in [0.3, 0.4) is 0 Å². The Labute approximate surface area is 102 Å². The topological polar surface area (TPSA) is 83.9 Å². The van der Waals surface area contributed by atoms with Crippen LogP contribution >= 0.6 is 0 Å². The lowest BCUT2D eigenvalue weighted by Crippen LogP contribution is -2.48. The highest BCUT2D eigenvalue weighted by Gasteiger charge is 2.45. The third-order valence-corrected chi connectivity index (χ3v) is 3.37. The fourth-order valence-electron chi connectivity index (χ4n) is 2.33. The number of carboxylic acid groups (broad SMARTS) is 1.